The van der Waals surface area contributed by atoms with Crippen molar-refractivity contribution in [3.63, 3.8) is 0 Å². The van der Waals surface area contributed by atoms with Crippen LogP contribution in [0.1, 0.15) is 33.1 Å². The van der Waals surface area contributed by atoms with Gasteiger partial charge in [-0.2, -0.15) is 0 Å². The summed E-state index contributed by atoms with van der Waals surface area (Å²) in [5.74, 6) is 2.64. The quantitative estimate of drug-likeness (QED) is 0.879. The highest BCUT2D eigenvalue weighted by Crippen LogP contribution is 2.41. The number of ether oxygens (including phenoxy) is 1. The summed E-state index contributed by atoms with van der Waals surface area (Å²) in [4.78, 5) is 1.27. The maximum Gasteiger partial charge on any atom is 0.132 e. The SMILES string of the molecule is CNC1CCC(C(C)C)CC1Sc1ccccc1OC. The minimum absolute atomic E-state index is 0.611. The first-order valence-electron chi connectivity index (χ1n) is 7.62. The molecule has 1 aromatic carbocycles. The Morgan fingerprint density at radius 2 is 2.00 bits per heavy atom. The number of para-hydroxylation sites is 1. The lowest BCUT2D eigenvalue weighted by Gasteiger charge is -2.37. The molecular formula is C17H27NOS. The van der Waals surface area contributed by atoms with Crippen molar-refractivity contribution in [3.8, 4) is 5.75 Å². The van der Waals surface area contributed by atoms with Crippen LogP contribution in [0.2, 0.25) is 0 Å². The summed E-state index contributed by atoms with van der Waals surface area (Å²) in [6.07, 6.45) is 3.93. The molecule has 1 fully saturated rings. The summed E-state index contributed by atoms with van der Waals surface area (Å²) in [5, 5.41) is 4.15. The third-order valence-electron chi connectivity index (χ3n) is 4.49. The van der Waals surface area contributed by atoms with Crippen LogP contribution in [-0.4, -0.2) is 25.4 Å². The van der Waals surface area contributed by atoms with Crippen LogP contribution in [0.15, 0.2) is 29.2 Å². The summed E-state index contributed by atoms with van der Waals surface area (Å²) in [7, 11) is 3.85. The van der Waals surface area contributed by atoms with Gasteiger partial charge in [0.25, 0.3) is 0 Å². The van der Waals surface area contributed by atoms with Crippen molar-refractivity contribution in [1.82, 2.24) is 5.32 Å². The number of thioether (sulfide) groups is 1. The molecule has 0 aromatic heterocycles. The van der Waals surface area contributed by atoms with Gasteiger partial charge in [-0.3, -0.25) is 0 Å². The summed E-state index contributed by atoms with van der Waals surface area (Å²) < 4.78 is 5.49. The second-order valence-corrected chi connectivity index (χ2v) is 7.30. The van der Waals surface area contributed by atoms with E-state index in [-0.39, 0.29) is 0 Å². The topological polar surface area (TPSA) is 21.3 Å². The lowest BCUT2D eigenvalue weighted by molar-refractivity contribution is 0.251. The van der Waals surface area contributed by atoms with Crippen LogP contribution in [0.4, 0.5) is 0 Å². The van der Waals surface area contributed by atoms with Gasteiger partial charge in [-0.05, 0) is 50.3 Å². The molecule has 1 aliphatic rings. The lowest BCUT2D eigenvalue weighted by Crippen LogP contribution is -2.41. The van der Waals surface area contributed by atoms with Crippen molar-refractivity contribution in [2.45, 2.75) is 49.3 Å². The summed E-state index contributed by atoms with van der Waals surface area (Å²) >= 11 is 1.98. The fourth-order valence-corrected chi connectivity index (χ4v) is 4.64. The Kier molecular flexibility index (Phi) is 5.79. The van der Waals surface area contributed by atoms with E-state index in [0.29, 0.717) is 11.3 Å². The van der Waals surface area contributed by atoms with Crippen LogP contribution in [0.25, 0.3) is 0 Å². The van der Waals surface area contributed by atoms with Gasteiger partial charge >= 0.3 is 0 Å². The number of hydrogen-bond donors (Lipinski definition) is 1. The highest BCUT2D eigenvalue weighted by Gasteiger charge is 2.32. The van der Waals surface area contributed by atoms with E-state index in [2.05, 4.69) is 44.4 Å². The number of methoxy groups -OCH3 is 1. The Bertz CT molecular complexity index is 421. The molecule has 0 amide bonds. The van der Waals surface area contributed by atoms with E-state index in [0.717, 1.165) is 17.6 Å². The van der Waals surface area contributed by atoms with Crippen LogP contribution in [0.3, 0.4) is 0 Å². The number of benzene rings is 1. The van der Waals surface area contributed by atoms with Gasteiger partial charge in [0, 0.05) is 16.2 Å². The number of nitrogens with one attached hydrogen (secondary N) is 1. The van der Waals surface area contributed by atoms with Gasteiger partial charge < -0.3 is 10.1 Å². The normalized spacial score (nSPS) is 26.8. The Balaban J connectivity index is 2.11. The van der Waals surface area contributed by atoms with E-state index in [1.807, 2.05) is 17.8 Å². The van der Waals surface area contributed by atoms with Crippen LogP contribution >= 0.6 is 11.8 Å². The minimum atomic E-state index is 0.611. The lowest BCUT2D eigenvalue weighted by atomic mass is 9.79. The second kappa shape index (κ2) is 7.37. The fraction of sp³-hybridized carbons (Fsp3) is 0.647. The first-order valence-corrected chi connectivity index (χ1v) is 8.50. The molecule has 3 atom stereocenters. The van der Waals surface area contributed by atoms with Gasteiger partial charge in [0.2, 0.25) is 0 Å². The molecule has 0 bridgehead atoms. The Morgan fingerprint density at radius 1 is 1.25 bits per heavy atom. The molecule has 1 N–H and O–H groups in total. The maximum atomic E-state index is 5.49. The van der Waals surface area contributed by atoms with Gasteiger partial charge in [-0.15, -0.1) is 11.8 Å². The largest absolute Gasteiger partial charge is 0.496 e. The highest BCUT2D eigenvalue weighted by atomic mass is 32.2. The zero-order valence-electron chi connectivity index (χ0n) is 13.1. The van der Waals surface area contributed by atoms with E-state index < -0.39 is 0 Å². The van der Waals surface area contributed by atoms with E-state index >= 15 is 0 Å². The molecule has 0 saturated heterocycles. The Morgan fingerprint density at radius 3 is 2.65 bits per heavy atom. The molecule has 112 valence electrons. The first kappa shape index (κ1) is 15.7. The molecular weight excluding hydrogens is 266 g/mol. The monoisotopic (exact) mass is 293 g/mol. The standard InChI is InChI=1S/C17H27NOS/c1-12(2)13-9-10-14(18-3)17(11-13)20-16-8-6-5-7-15(16)19-4/h5-8,12-14,17-18H,9-11H2,1-4H3. The molecule has 0 aliphatic heterocycles. The Labute approximate surface area is 127 Å². The molecule has 3 heteroatoms. The van der Waals surface area contributed by atoms with E-state index in [1.165, 1.54) is 24.2 Å². The molecule has 0 spiro atoms. The molecule has 3 unspecified atom stereocenters. The molecule has 20 heavy (non-hydrogen) atoms. The number of rotatable bonds is 5. The predicted molar refractivity (Wildman–Crippen MR) is 87.7 cm³/mol. The van der Waals surface area contributed by atoms with Crippen LogP contribution in [-0.2, 0) is 0 Å². The van der Waals surface area contributed by atoms with Crippen LogP contribution in [0, 0.1) is 11.8 Å². The van der Waals surface area contributed by atoms with E-state index in [9.17, 15) is 0 Å². The average Bonchev–Trinajstić information content (AvgIpc) is 2.47. The van der Waals surface area contributed by atoms with E-state index in [1.54, 1.807) is 7.11 Å². The first-order chi connectivity index (χ1) is 9.65. The molecule has 2 rings (SSSR count). The molecule has 1 aliphatic carbocycles. The molecule has 0 heterocycles. The van der Waals surface area contributed by atoms with Crippen molar-refractivity contribution in [2.75, 3.05) is 14.2 Å². The van der Waals surface area contributed by atoms with Gasteiger partial charge in [-0.25, -0.2) is 0 Å². The summed E-state index contributed by atoms with van der Waals surface area (Å²) in [6.45, 7) is 4.71. The maximum absolute atomic E-state index is 5.49. The third kappa shape index (κ3) is 3.70. The fourth-order valence-electron chi connectivity index (χ4n) is 3.11. The predicted octanol–water partition coefficient (Wildman–Crippen LogP) is 4.20. The summed E-state index contributed by atoms with van der Waals surface area (Å²) in [5.41, 5.74) is 0. The van der Waals surface area contributed by atoms with Gasteiger partial charge in [0.05, 0.1) is 7.11 Å². The van der Waals surface area contributed by atoms with E-state index in [4.69, 9.17) is 4.74 Å². The highest BCUT2D eigenvalue weighted by molar-refractivity contribution is 8.00. The Hall–Kier alpha value is -0.670. The van der Waals surface area contributed by atoms with Crippen LogP contribution < -0.4 is 10.1 Å². The zero-order chi connectivity index (χ0) is 14.5. The average molecular weight is 293 g/mol. The van der Waals surface area contributed by atoms with Crippen molar-refractivity contribution >= 4 is 11.8 Å². The third-order valence-corrected chi connectivity index (χ3v) is 5.91. The second-order valence-electron chi connectivity index (χ2n) is 6.02. The minimum Gasteiger partial charge on any atom is -0.496 e. The van der Waals surface area contributed by atoms with Crippen molar-refractivity contribution in [1.29, 1.82) is 0 Å². The number of hydrogen-bond acceptors (Lipinski definition) is 3. The molecule has 0 radical (unpaired) electrons. The van der Waals surface area contributed by atoms with Crippen LogP contribution in [0.5, 0.6) is 5.75 Å². The molecule has 1 saturated carbocycles. The van der Waals surface area contributed by atoms with Gasteiger partial charge in [0.15, 0.2) is 0 Å². The van der Waals surface area contributed by atoms with Gasteiger partial charge in [0.1, 0.15) is 5.75 Å². The summed E-state index contributed by atoms with van der Waals surface area (Å²) in [6, 6.07) is 8.98. The molecule has 2 nitrogen and oxygen atoms in total. The zero-order valence-corrected chi connectivity index (χ0v) is 13.9. The van der Waals surface area contributed by atoms with Crippen molar-refractivity contribution in [3.05, 3.63) is 24.3 Å². The van der Waals surface area contributed by atoms with Crippen molar-refractivity contribution in [2.24, 2.45) is 11.8 Å². The van der Waals surface area contributed by atoms with Crippen molar-refractivity contribution < 1.29 is 4.74 Å². The molecule has 1 aromatic rings. The van der Waals surface area contributed by atoms with Gasteiger partial charge in [-0.1, -0.05) is 26.0 Å². The smallest absolute Gasteiger partial charge is 0.132 e.